The molecule has 0 spiro atoms. The molecule has 2 rings (SSSR count). The number of urea groups is 1. The summed E-state index contributed by atoms with van der Waals surface area (Å²) >= 11 is 0. The largest absolute Gasteiger partial charge is 0.340 e. The van der Waals surface area contributed by atoms with E-state index in [1.165, 1.54) is 0 Å². The number of rotatable bonds is 3. The summed E-state index contributed by atoms with van der Waals surface area (Å²) in [6.07, 6.45) is 0. The van der Waals surface area contributed by atoms with Gasteiger partial charge in [-0.15, -0.1) is 0 Å². The van der Waals surface area contributed by atoms with E-state index in [2.05, 4.69) is 15.3 Å². The molecule has 0 aliphatic rings. The third kappa shape index (κ3) is 3.34. The zero-order valence-electron chi connectivity index (χ0n) is 10.1. The van der Waals surface area contributed by atoms with Gasteiger partial charge in [0.05, 0.1) is 6.04 Å². The molecule has 0 atom stereocenters. The number of benzene rings is 2. The summed E-state index contributed by atoms with van der Waals surface area (Å²) in [5.74, 6) is 0. The van der Waals surface area contributed by atoms with Crippen molar-refractivity contribution in [3.05, 3.63) is 82.2 Å². The summed E-state index contributed by atoms with van der Waals surface area (Å²) in [4.78, 5) is 14.0. The predicted octanol–water partition coefficient (Wildman–Crippen LogP) is 3.80. The summed E-state index contributed by atoms with van der Waals surface area (Å²) < 4.78 is 0. The number of azide groups is 1. The van der Waals surface area contributed by atoms with Crippen LogP contribution in [0.25, 0.3) is 10.4 Å². The molecule has 0 saturated heterocycles. The second kappa shape index (κ2) is 6.23. The maximum Gasteiger partial charge on any atom is 0.308 e. The minimum absolute atomic E-state index is 0.333. The van der Waals surface area contributed by atoms with Crippen molar-refractivity contribution in [2.75, 3.05) is 0 Å². The minimum Gasteiger partial charge on any atom is -0.340 e. The van der Waals surface area contributed by atoms with Crippen molar-refractivity contribution in [3.8, 4) is 0 Å². The average Bonchev–Trinajstić information content (AvgIpc) is 2.47. The molecule has 0 fully saturated rings. The van der Waals surface area contributed by atoms with E-state index in [0.29, 0.717) is 0 Å². The van der Waals surface area contributed by atoms with Crippen molar-refractivity contribution in [2.45, 2.75) is 6.04 Å². The van der Waals surface area contributed by atoms with E-state index >= 15 is 0 Å². The molecule has 0 aliphatic heterocycles. The van der Waals surface area contributed by atoms with Crippen molar-refractivity contribution in [2.24, 2.45) is 5.11 Å². The highest BCUT2D eigenvalue weighted by Gasteiger charge is 2.15. The molecular formula is C14H12N4O. The van der Waals surface area contributed by atoms with Crippen LogP contribution in [0.1, 0.15) is 17.2 Å². The second-order valence-corrected chi connectivity index (χ2v) is 3.89. The van der Waals surface area contributed by atoms with Crippen LogP contribution in [0, 0.1) is 0 Å². The minimum atomic E-state index is -0.694. The number of nitrogens with zero attached hydrogens (tertiary/aromatic N) is 3. The van der Waals surface area contributed by atoms with Crippen molar-refractivity contribution in [3.63, 3.8) is 0 Å². The van der Waals surface area contributed by atoms with E-state index in [4.69, 9.17) is 5.53 Å². The Labute approximate surface area is 110 Å². The first kappa shape index (κ1) is 12.7. The number of hydrogen-bond donors (Lipinski definition) is 1. The molecule has 2 aromatic rings. The number of carbonyl (C=O) groups excluding carboxylic acids is 1. The zero-order valence-corrected chi connectivity index (χ0v) is 10.1. The first-order valence-corrected chi connectivity index (χ1v) is 5.77. The third-order valence-corrected chi connectivity index (χ3v) is 2.67. The fourth-order valence-corrected chi connectivity index (χ4v) is 1.84. The third-order valence-electron chi connectivity index (χ3n) is 2.67. The lowest BCUT2D eigenvalue weighted by atomic mass is 9.99. The van der Waals surface area contributed by atoms with Gasteiger partial charge in [-0.25, -0.2) is 0 Å². The first-order valence-electron chi connectivity index (χ1n) is 5.77. The quantitative estimate of drug-likeness (QED) is 0.503. The van der Waals surface area contributed by atoms with Gasteiger partial charge < -0.3 is 5.32 Å². The molecule has 2 aromatic carbocycles. The number of hydrogen-bond acceptors (Lipinski definition) is 1. The van der Waals surface area contributed by atoms with Crippen LogP contribution in [0.4, 0.5) is 4.79 Å². The number of nitrogens with one attached hydrogen (secondary N) is 1. The fourth-order valence-electron chi connectivity index (χ4n) is 1.84. The molecule has 94 valence electrons. The Kier molecular flexibility index (Phi) is 4.16. The van der Waals surface area contributed by atoms with E-state index in [-0.39, 0.29) is 6.04 Å². The van der Waals surface area contributed by atoms with Crippen LogP contribution < -0.4 is 5.32 Å². The van der Waals surface area contributed by atoms with Crippen molar-refractivity contribution in [1.29, 1.82) is 0 Å². The molecule has 0 saturated carbocycles. The lowest BCUT2D eigenvalue weighted by Crippen LogP contribution is -2.26. The van der Waals surface area contributed by atoms with Gasteiger partial charge in [0.25, 0.3) is 0 Å². The molecule has 0 unspecified atom stereocenters. The SMILES string of the molecule is [N-]=[N+]=NC(=O)NC(c1ccccc1)c1ccccc1. The van der Waals surface area contributed by atoms with Crippen LogP contribution in [0.3, 0.4) is 0 Å². The van der Waals surface area contributed by atoms with Crippen LogP contribution >= 0.6 is 0 Å². The Morgan fingerprint density at radius 3 is 1.89 bits per heavy atom. The van der Waals surface area contributed by atoms with E-state index < -0.39 is 6.03 Å². The molecular weight excluding hydrogens is 240 g/mol. The summed E-state index contributed by atoms with van der Waals surface area (Å²) in [6, 6.07) is 18.0. The monoisotopic (exact) mass is 252 g/mol. The van der Waals surface area contributed by atoms with Gasteiger partial charge in [-0.2, -0.15) is 0 Å². The van der Waals surface area contributed by atoms with Gasteiger partial charge in [-0.3, -0.25) is 4.79 Å². The van der Waals surface area contributed by atoms with Gasteiger partial charge in [-0.1, -0.05) is 60.7 Å². The van der Waals surface area contributed by atoms with Gasteiger partial charge in [0.2, 0.25) is 0 Å². The molecule has 0 aliphatic carbocycles. The van der Waals surface area contributed by atoms with Gasteiger partial charge >= 0.3 is 6.03 Å². The van der Waals surface area contributed by atoms with Crippen molar-refractivity contribution < 1.29 is 4.79 Å². The van der Waals surface area contributed by atoms with E-state index in [0.717, 1.165) is 11.1 Å². The highest BCUT2D eigenvalue weighted by atomic mass is 16.2. The van der Waals surface area contributed by atoms with Crippen molar-refractivity contribution >= 4 is 6.03 Å². The molecule has 5 nitrogen and oxygen atoms in total. The summed E-state index contributed by atoms with van der Waals surface area (Å²) in [5.41, 5.74) is 10.1. The van der Waals surface area contributed by atoms with Crippen LogP contribution in [0.2, 0.25) is 0 Å². The maximum absolute atomic E-state index is 11.5. The summed E-state index contributed by atoms with van der Waals surface area (Å²) in [6.45, 7) is 0. The lowest BCUT2D eigenvalue weighted by Gasteiger charge is -2.18. The highest BCUT2D eigenvalue weighted by molar-refractivity contribution is 5.75. The zero-order chi connectivity index (χ0) is 13.5. The lowest BCUT2D eigenvalue weighted by molar-refractivity contribution is 0.247. The van der Waals surface area contributed by atoms with Gasteiger partial charge in [-0.05, 0) is 16.7 Å². The topological polar surface area (TPSA) is 77.9 Å². The molecule has 19 heavy (non-hydrogen) atoms. The molecule has 2 amide bonds. The smallest absolute Gasteiger partial charge is 0.308 e. The molecule has 1 N–H and O–H groups in total. The van der Waals surface area contributed by atoms with Crippen LogP contribution in [-0.4, -0.2) is 6.03 Å². The molecule has 0 bridgehead atoms. The second-order valence-electron chi connectivity index (χ2n) is 3.89. The van der Waals surface area contributed by atoms with E-state index in [9.17, 15) is 4.79 Å². The average molecular weight is 252 g/mol. The fraction of sp³-hybridized carbons (Fsp3) is 0.0714. The van der Waals surface area contributed by atoms with Crippen LogP contribution in [0.15, 0.2) is 65.8 Å². The first-order chi connectivity index (χ1) is 9.31. The molecule has 0 aromatic heterocycles. The number of amides is 2. The van der Waals surface area contributed by atoms with Crippen LogP contribution in [-0.2, 0) is 0 Å². The highest BCUT2D eigenvalue weighted by Crippen LogP contribution is 2.21. The van der Waals surface area contributed by atoms with E-state index in [1.807, 2.05) is 60.7 Å². The Morgan fingerprint density at radius 2 is 1.47 bits per heavy atom. The van der Waals surface area contributed by atoms with Gasteiger partial charge in [0.15, 0.2) is 0 Å². The predicted molar refractivity (Wildman–Crippen MR) is 72.4 cm³/mol. The van der Waals surface area contributed by atoms with Crippen LogP contribution in [0.5, 0.6) is 0 Å². The Balaban J connectivity index is 2.34. The maximum atomic E-state index is 11.5. The summed E-state index contributed by atoms with van der Waals surface area (Å²) in [5, 5.41) is 5.74. The Bertz CT molecular complexity index is 552. The standard InChI is InChI=1S/C14H12N4O/c15-18-17-14(19)16-13(11-7-3-1-4-8-11)12-9-5-2-6-10-12/h1-10,13H,(H,16,19). The normalized spacial score (nSPS) is 9.74. The number of carbonyl (C=O) groups is 1. The Morgan fingerprint density at radius 1 is 1.00 bits per heavy atom. The van der Waals surface area contributed by atoms with Gasteiger partial charge in [0, 0.05) is 10.0 Å². The van der Waals surface area contributed by atoms with Crippen molar-refractivity contribution in [1.82, 2.24) is 5.32 Å². The molecule has 0 heterocycles. The molecule has 5 heteroatoms. The molecule has 0 radical (unpaired) electrons. The Hall–Kier alpha value is -2.78. The van der Waals surface area contributed by atoms with E-state index in [1.54, 1.807) is 0 Å². The summed E-state index contributed by atoms with van der Waals surface area (Å²) in [7, 11) is 0. The van der Waals surface area contributed by atoms with Gasteiger partial charge in [0.1, 0.15) is 0 Å².